The highest BCUT2D eigenvalue weighted by molar-refractivity contribution is 5.91. The number of anilines is 1. The fourth-order valence-corrected chi connectivity index (χ4v) is 4.76. The first-order valence-electron chi connectivity index (χ1n) is 12.3. The van der Waals surface area contributed by atoms with E-state index in [-0.39, 0.29) is 0 Å². The molecule has 1 aliphatic heterocycles. The summed E-state index contributed by atoms with van der Waals surface area (Å²) in [5, 5.41) is 0. The lowest BCUT2D eigenvalue weighted by Crippen LogP contribution is -2.33. The Balaban J connectivity index is 1.32. The molecular formula is C30H32N4O. The summed E-state index contributed by atoms with van der Waals surface area (Å²) in [4.78, 5) is 7.30. The van der Waals surface area contributed by atoms with Gasteiger partial charge in [-0.25, -0.2) is 4.98 Å². The highest BCUT2D eigenvalue weighted by atomic mass is 16.5. The Labute approximate surface area is 207 Å². The number of nitrogen functional groups attached to an aromatic ring is 1. The standard InChI is InChI=1S/C30H32N4O/c1-2-8-26(27-9-4-5-10-29(27)31)28-15-18-34-22-24(21-32-30(28)34)23-11-13-25(14-12-23)35-20-19-33-16-6-3-7-17-33/h2,4-5,8-15,18,21-22H,1,3,6-7,16-17,19-20,31H2/b26-8+. The lowest BCUT2D eigenvalue weighted by atomic mass is 9.98. The van der Waals surface area contributed by atoms with Crippen LogP contribution in [0.1, 0.15) is 30.4 Å². The summed E-state index contributed by atoms with van der Waals surface area (Å²) in [5.74, 6) is 0.905. The lowest BCUT2D eigenvalue weighted by molar-refractivity contribution is 0.183. The monoisotopic (exact) mass is 464 g/mol. The van der Waals surface area contributed by atoms with Crippen LogP contribution in [0, 0.1) is 0 Å². The quantitative estimate of drug-likeness (QED) is 0.254. The number of para-hydroxylation sites is 1. The van der Waals surface area contributed by atoms with E-state index >= 15 is 0 Å². The number of hydrogen-bond acceptors (Lipinski definition) is 4. The van der Waals surface area contributed by atoms with Crippen LogP contribution in [-0.2, 0) is 0 Å². The van der Waals surface area contributed by atoms with Gasteiger partial charge in [-0.3, -0.25) is 4.90 Å². The van der Waals surface area contributed by atoms with Crippen molar-refractivity contribution in [3.63, 3.8) is 0 Å². The van der Waals surface area contributed by atoms with Gasteiger partial charge < -0.3 is 14.9 Å². The van der Waals surface area contributed by atoms with E-state index in [0.29, 0.717) is 0 Å². The summed E-state index contributed by atoms with van der Waals surface area (Å²) < 4.78 is 8.05. The van der Waals surface area contributed by atoms with Crippen LogP contribution in [0.15, 0.2) is 91.9 Å². The Hall–Kier alpha value is -3.83. The predicted molar refractivity (Wildman–Crippen MR) is 145 cm³/mol. The normalized spacial score (nSPS) is 14.8. The van der Waals surface area contributed by atoms with Gasteiger partial charge in [-0.1, -0.05) is 55.5 Å². The third-order valence-electron chi connectivity index (χ3n) is 6.63. The largest absolute Gasteiger partial charge is 0.492 e. The molecule has 0 saturated carbocycles. The first kappa shape index (κ1) is 22.9. The summed E-state index contributed by atoms with van der Waals surface area (Å²) in [5.41, 5.74) is 13.0. The number of fused-ring (bicyclic) bond motifs is 1. The van der Waals surface area contributed by atoms with E-state index in [0.717, 1.165) is 58.1 Å². The van der Waals surface area contributed by atoms with Crippen molar-refractivity contribution < 1.29 is 4.74 Å². The first-order valence-corrected chi connectivity index (χ1v) is 12.3. The molecule has 0 unspecified atom stereocenters. The van der Waals surface area contributed by atoms with Gasteiger partial charge in [0.25, 0.3) is 0 Å². The van der Waals surface area contributed by atoms with Crippen molar-refractivity contribution >= 4 is 16.9 Å². The molecule has 35 heavy (non-hydrogen) atoms. The van der Waals surface area contributed by atoms with Gasteiger partial charge in [-0.2, -0.15) is 0 Å². The summed E-state index contributed by atoms with van der Waals surface area (Å²) in [6.07, 6.45) is 13.8. The fourth-order valence-electron chi connectivity index (χ4n) is 4.76. The second-order valence-corrected chi connectivity index (χ2v) is 8.98. The molecule has 3 heterocycles. The molecule has 1 fully saturated rings. The molecule has 2 N–H and O–H groups in total. The number of ether oxygens (including phenoxy) is 1. The third-order valence-corrected chi connectivity index (χ3v) is 6.63. The van der Waals surface area contributed by atoms with E-state index in [1.54, 1.807) is 6.08 Å². The highest BCUT2D eigenvalue weighted by Gasteiger charge is 2.14. The van der Waals surface area contributed by atoms with E-state index in [1.165, 1.54) is 32.4 Å². The maximum atomic E-state index is 6.27. The van der Waals surface area contributed by atoms with Crippen molar-refractivity contribution in [1.29, 1.82) is 0 Å². The molecule has 0 spiro atoms. The van der Waals surface area contributed by atoms with Gasteiger partial charge in [0.15, 0.2) is 0 Å². The van der Waals surface area contributed by atoms with Gasteiger partial charge in [0, 0.05) is 47.5 Å². The molecule has 5 heteroatoms. The lowest BCUT2D eigenvalue weighted by Gasteiger charge is -2.26. The number of benzene rings is 2. The first-order chi connectivity index (χ1) is 17.2. The molecule has 1 aliphatic rings. The zero-order valence-electron chi connectivity index (χ0n) is 20.1. The molecule has 5 rings (SSSR count). The van der Waals surface area contributed by atoms with E-state index in [2.05, 4.69) is 40.3 Å². The maximum absolute atomic E-state index is 6.27. The van der Waals surface area contributed by atoms with Gasteiger partial charge in [-0.05, 0) is 61.3 Å². The van der Waals surface area contributed by atoms with Crippen LogP contribution < -0.4 is 10.5 Å². The molecule has 178 valence electrons. The number of hydrogen-bond donors (Lipinski definition) is 1. The van der Waals surface area contributed by atoms with Crippen LogP contribution in [-0.4, -0.2) is 40.5 Å². The average molecular weight is 465 g/mol. The Morgan fingerprint density at radius 1 is 0.971 bits per heavy atom. The molecule has 1 saturated heterocycles. The van der Waals surface area contributed by atoms with Crippen molar-refractivity contribution in [2.75, 3.05) is 32.0 Å². The zero-order chi connectivity index (χ0) is 24.0. The fraction of sp³-hybridized carbons (Fsp3) is 0.233. The zero-order valence-corrected chi connectivity index (χ0v) is 20.1. The molecule has 2 aromatic carbocycles. The van der Waals surface area contributed by atoms with Crippen LogP contribution >= 0.6 is 0 Å². The molecular weight excluding hydrogens is 432 g/mol. The van der Waals surface area contributed by atoms with E-state index in [4.69, 9.17) is 15.5 Å². The van der Waals surface area contributed by atoms with Crippen molar-refractivity contribution in [3.8, 4) is 16.9 Å². The summed E-state index contributed by atoms with van der Waals surface area (Å²) in [6, 6.07) is 18.2. The number of allylic oxidation sites excluding steroid dienone is 2. The number of nitrogens with zero attached hydrogens (tertiary/aromatic N) is 3. The molecule has 4 aromatic rings. The minimum Gasteiger partial charge on any atom is -0.492 e. The summed E-state index contributed by atoms with van der Waals surface area (Å²) >= 11 is 0. The molecule has 0 atom stereocenters. The number of nitrogens with two attached hydrogens (primary N) is 1. The molecule has 0 bridgehead atoms. The minimum absolute atomic E-state index is 0.728. The predicted octanol–water partition coefficient (Wildman–Crippen LogP) is 6.07. The van der Waals surface area contributed by atoms with Gasteiger partial charge in [0.05, 0.1) is 0 Å². The highest BCUT2D eigenvalue weighted by Crippen LogP contribution is 2.31. The van der Waals surface area contributed by atoms with Crippen LogP contribution in [0.25, 0.3) is 22.3 Å². The Kier molecular flexibility index (Phi) is 6.96. The Morgan fingerprint density at radius 2 is 1.77 bits per heavy atom. The molecule has 2 aromatic heterocycles. The second-order valence-electron chi connectivity index (χ2n) is 8.98. The van der Waals surface area contributed by atoms with Gasteiger partial charge in [0.1, 0.15) is 18.0 Å². The van der Waals surface area contributed by atoms with Gasteiger partial charge in [-0.15, -0.1) is 0 Å². The van der Waals surface area contributed by atoms with E-state index in [1.807, 2.05) is 54.9 Å². The second kappa shape index (κ2) is 10.6. The van der Waals surface area contributed by atoms with E-state index in [9.17, 15) is 0 Å². The van der Waals surface area contributed by atoms with Gasteiger partial charge >= 0.3 is 0 Å². The molecule has 0 amide bonds. The van der Waals surface area contributed by atoms with Crippen LogP contribution in [0.3, 0.4) is 0 Å². The number of likely N-dealkylation sites (tertiary alicyclic amines) is 1. The summed E-state index contributed by atoms with van der Waals surface area (Å²) in [7, 11) is 0. The number of piperidine rings is 1. The van der Waals surface area contributed by atoms with E-state index < -0.39 is 0 Å². The van der Waals surface area contributed by atoms with Crippen LogP contribution in [0.5, 0.6) is 5.75 Å². The Bertz CT molecular complexity index is 1330. The molecule has 5 nitrogen and oxygen atoms in total. The molecule has 0 aliphatic carbocycles. The molecule has 0 radical (unpaired) electrons. The van der Waals surface area contributed by atoms with Crippen molar-refractivity contribution in [2.24, 2.45) is 0 Å². The van der Waals surface area contributed by atoms with Gasteiger partial charge in [0.2, 0.25) is 0 Å². The van der Waals surface area contributed by atoms with Crippen molar-refractivity contribution in [1.82, 2.24) is 14.3 Å². The number of aromatic nitrogens is 2. The van der Waals surface area contributed by atoms with Crippen LogP contribution in [0.2, 0.25) is 0 Å². The summed E-state index contributed by atoms with van der Waals surface area (Å²) in [6.45, 7) is 8.01. The smallest absolute Gasteiger partial charge is 0.144 e. The van der Waals surface area contributed by atoms with Crippen molar-refractivity contribution in [3.05, 3.63) is 103 Å². The third kappa shape index (κ3) is 5.15. The van der Waals surface area contributed by atoms with Crippen molar-refractivity contribution in [2.45, 2.75) is 19.3 Å². The minimum atomic E-state index is 0.728. The Morgan fingerprint density at radius 3 is 2.54 bits per heavy atom. The van der Waals surface area contributed by atoms with Crippen LogP contribution in [0.4, 0.5) is 5.69 Å². The maximum Gasteiger partial charge on any atom is 0.144 e. The topological polar surface area (TPSA) is 55.8 Å². The SMILES string of the molecule is C=C/C=C(\c1ccccc1N)c1ccn2cc(-c3ccc(OCCN4CCCCC4)cc3)cnc12. The average Bonchev–Trinajstić information content (AvgIpc) is 3.32. The number of rotatable bonds is 8.